The van der Waals surface area contributed by atoms with Crippen molar-refractivity contribution in [3.8, 4) is 0 Å². The smallest absolute Gasteiger partial charge is 0.311 e. The maximum Gasteiger partial charge on any atom is 0.311 e. The molecule has 1 aliphatic rings. The van der Waals surface area contributed by atoms with Gasteiger partial charge in [-0.25, -0.2) is 9.97 Å². The summed E-state index contributed by atoms with van der Waals surface area (Å²) in [6.45, 7) is 1.30. The number of carbonyl (C=O) groups is 1. The molecule has 1 atom stereocenters. The molecular weight excluding hydrogens is 302 g/mol. The Morgan fingerprint density at radius 3 is 2.62 bits per heavy atom. The van der Waals surface area contributed by atoms with Crippen LogP contribution >= 0.6 is 0 Å². The Hall–Kier alpha value is -2.43. The highest BCUT2D eigenvalue weighted by atomic mass is 16.4. The van der Waals surface area contributed by atoms with Gasteiger partial charge in [-0.2, -0.15) is 0 Å². The number of carboxylic acid groups (broad SMARTS) is 1. The average molecular weight is 325 g/mol. The number of anilines is 1. The molecule has 2 heterocycles. The first-order chi connectivity index (χ1) is 11.7. The summed E-state index contributed by atoms with van der Waals surface area (Å²) < 4.78 is 0. The molecule has 0 amide bonds. The van der Waals surface area contributed by atoms with Crippen molar-refractivity contribution < 1.29 is 9.90 Å². The van der Waals surface area contributed by atoms with Crippen LogP contribution in [-0.4, -0.2) is 34.1 Å². The average Bonchev–Trinajstić information content (AvgIpc) is 2.63. The van der Waals surface area contributed by atoms with E-state index in [2.05, 4.69) is 22.1 Å². The lowest BCUT2D eigenvalue weighted by Crippen LogP contribution is -2.48. The molecule has 24 heavy (non-hydrogen) atoms. The van der Waals surface area contributed by atoms with E-state index in [-0.39, 0.29) is 0 Å². The summed E-state index contributed by atoms with van der Waals surface area (Å²) in [7, 11) is 0. The maximum atomic E-state index is 12.0. The minimum absolute atomic E-state index is 0.487. The van der Waals surface area contributed by atoms with E-state index in [1.165, 1.54) is 5.56 Å². The van der Waals surface area contributed by atoms with Crippen LogP contribution in [0, 0.1) is 5.41 Å². The highest BCUT2D eigenvalue weighted by Crippen LogP contribution is 2.36. The van der Waals surface area contributed by atoms with E-state index in [4.69, 9.17) is 0 Å². The first-order valence-electron chi connectivity index (χ1n) is 8.49. The molecule has 5 nitrogen and oxygen atoms in total. The van der Waals surface area contributed by atoms with Gasteiger partial charge in [0, 0.05) is 25.5 Å². The molecule has 1 N–H and O–H groups in total. The Bertz CT molecular complexity index is 663. The van der Waals surface area contributed by atoms with Crippen LogP contribution in [0.25, 0.3) is 0 Å². The molecule has 1 saturated heterocycles. The quantitative estimate of drug-likeness (QED) is 0.883. The van der Waals surface area contributed by atoms with E-state index >= 15 is 0 Å². The molecule has 0 aliphatic carbocycles. The second-order valence-electron chi connectivity index (χ2n) is 6.50. The molecule has 0 saturated carbocycles. The Labute approximate surface area is 142 Å². The minimum atomic E-state index is -0.702. The first-order valence-corrected chi connectivity index (χ1v) is 8.49. The molecule has 0 radical (unpaired) electrons. The van der Waals surface area contributed by atoms with Gasteiger partial charge in [0.25, 0.3) is 0 Å². The third-order valence-electron chi connectivity index (χ3n) is 4.83. The third kappa shape index (κ3) is 3.72. The number of rotatable bonds is 6. The van der Waals surface area contributed by atoms with Crippen LogP contribution in [0.3, 0.4) is 0 Å². The van der Waals surface area contributed by atoms with Gasteiger partial charge in [0.1, 0.15) is 0 Å². The number of benzene rings is 1. The van der Waals surface area contributed by atoms with Crippen molar-refractivity contribution in [2.75, 3.05) is 18.0 Å². The Balaban J connectivity index is 1.67. The summed E-state index contributed by atoms with van der Waals surface area (Å²) in [6.07, 6.45) is 7.46. The molecule has 126 valence electrons. The molecule has 5 heteroatoms. The topological polar surface area (TPSA) is 66.3 Å². The summed E-state index contributed by atoms with van der Waals surface area (Å²) in [5, 5.41) is 9.88. The van der Waals surface area contributed by atoms with Crippen molar-refractivity contribution in [1.82, 2.24) is 9.97 Å². The summed E-state index contributed by atoms with van der Waals surface area (Å²) in [5.41, 5.74) is 0.559. The van der Waals surface area contributed by atoms with Crippen LogP contribution in [0.4, 0.5) is 5.95 Å². The van der Waals surface area contributed by atoms with E-state index in [0.717, 1.165) is 32.2 Å². The second-order valence-corrected chi connectivity index (χ2v) is 6.50. The van der Waals surface area contributed by atoms with Crippen LogP contribution in [0.5, 0.6) is 0 Å². The summed E-state index contributed by atoms with van der Waals surface area (Å²) >= 11 is 0. The predicted octanol–water partition coefficient (Wildman–Crippen LogP) is 3.17. The fourth-order valence-corrected chi connectivity index (χ4v) is 3.52. The lowest BCUT2D eigenvalue weighted by atomic mass is 9.75. The van der Waals surface area contributed by atoms with Gasteiger partial charge in [-0.1, -0.05) is 30.3 Å². The molecule has 1 aromatic heterocycles. The van der Waals surface area contributed by atoms with Crippen molar-refractivity contribution in [3.63, 3.8) is 0 Å². The number of carboxylic acids is 1. The van der Waals surface area contributed by atoms with Crippen LogP contribution in [0.1, 0.15) is 31.2 Å². The molecular formula is C19H23N3O2. The summed E-state index contributed by atoms with van der Waals surface area (Å²) in [4.78, 5) is 22.6. The van der Waals surface area contributed by atoms with Gasteiger partial charge in [-0.15, -0.1) is 0 Å². The first kappa shape index (κ1) is 16.4. The van der Waals surface area contributed by atoms with Gasteiger partial charge in [-0.3, -0.25) is 4.79 Å². The van der Waals surface area contributed by atoms with Crippen molar-refractivity contribution in [1.29, 1.82) is 0 Å². The fraction of sp³-hybridized carbons (Fsp3) is 0.421. The molecule has 0 spiro atoms. The van der Waals surface area contributed by atoms with E-state index < -0.39 is 11.4 Å². The highest BCUT2D eigenvalue weighted by molar-refractivity contribution is 5.75. The number of hydrogen-bond donors (Lipinski definition) is 1. The molecule has 1 unspecified atom stereocenters. The largest absolute Gasteiger partial charge is 0.481 e. The zero-order valence-corrected chi connectivity index (χ0v) is 13.8. The maximum absolute atomic E-state index is 12.0. The van der Waals surface area contributed by atoms with Crippen LogP contribution in [-0.2, 0) is 11.2 Å². The zero-order valence-electron chi connectivity index (χ0n) is 13.8. The second kappa shape index (κ2) is 7.43. The van der Waals surface area contributed by atoms with Gasteiger partial charge in [0.15, 0.2) is 0 Å². The molecule has 2 aromatic rings. The van der Waals surface area contributed by atoms with Gasteiger partial charge >= 0.3 is 5.97 Å². The summed E-state index contributed by atoms with van der Waals surface area (Å²) in [5.74, 6) is -0.0675. The summed E-state index contributed by atoms with van der Waals surface area (Å²) in [6, 6.07) is 12.0. The number of hydrogen-bond acceptors (Lipinski definition) is 4. The molecule has 3 rings (SSSR count). The Morgan fingerprint density at radius 1 is 1.17 bits per heavy atom. The van der Waals surface area contributed by atoms with E-state index in [1.807, 2.05) is 23.1 Å². The van der Waals surface area contributed by atoms with Crippen molar-refractivity contribution in [2.24, 2.45) is 5.41 Å². The zero-order chi connectivity index (χ0) is 16.8. The number of nitrogens with zero attached hydrogens (tertiary/aromatic N) is 3. The van der Waals surface area contributed by atoms with Crippen molar-refractivity contribution >= 4 is 11.9 Å². The normalized spacial score (nSPS) is 20.8. The van der Waals surface area contributed by atoms with Gasteiger partial charge < -0.3 is 10.0 Å². The Kier molecular flexibility index (Phi) is 5.08. The van der Waals surface area contributed by atoms with E-state index in [0.29, 0.717) is 18.9 Å². The van der Waals surface area contributed by atoms with Crippen LogP contribution < -0.4 is 4.90 Å². The fourth-order valence-electron chi connectivity index (χ4n) is 3.52. The molecule has 1 fully saturated rings. The highest BCUT2D eigenvalue weighted by Gasteiger charge is 2.42. The van der Waals surface area contributed by atoms with Crippen molar-refractivity contribution in [3.05, 3.63) is 54.4 Å². The Morgan fingerprint density at radius 2 is 1.92 bits per heavy atom. The SMILES string of the molecule is O=C(O)C1(CCCc2ccccc2)CCCN(c2ncccn2)C1. The predicted molar refractivity (Wildman–Crippen MR) is 92.9 cm³/mol. The van der Waals surface area contributed by atoms with Gasteiger partial charge in [0.05, 0.1) is 5.41 Å². The number of aliphatic carboxylic acids is 1. The standard InChI is InChI=1S/C19H23N3O2/c23-17(24)19(10-4-9-16-7-2-1-3-8-16)11-5-14-22(15-19)18-20-12-6-13-21-18/h1-3,6-8,12-13H,4-5,9-11,14-15H2,(H,23,24). The van der Waals surface area contributed by atoms with E-state index in [1.54, 1.807) is 18.5 Å². The van der Waals surface area contributed by atoms with Crippen LogP contribution in [0.15, 0.2) is 48.8 Å². The third-order valence-corrected chi connectivity index (χ3v) is 4.83. The van der Waals surface area contributed by atoms with Gasteiger partial charge in [-0.05, 0) is 43.7 Å². The van der Waals surface area contributed by atoms with Crippen molar-refractivity contribution in [2.45, 2.75) is 32.1 Å². The number of piperidine rings is 1. The number of aryl methyl sites for hydroxylation is 1. The molecule has 1 aromatic carbocycles. The van der Waals surface area contributed by atoms with Crippen LogP contribution in [0.2, 0.25) is 0 Å². The molecule has 0 bridgehead atoms. The minimum Gasteiger partial charge on any atom is -0.481 e. The van der Waals surface area contributed by atoms with E-state index in [9.17, 15) is 9.90 Å². The molecule has 1 aliphatic heterocycles. The monoisotopic (exact) mass is 325 g/mol. The van der Waals surface area contributed by atoms with Gasteiger partial charge in [0.2, 0.25) is 5.95 Å². The number of aromatic nitrogens is 2. The lowest BCUT2D eigenvalue weighted by Gasteiger charge is -2.40. The lowest BCUT2D eigenvalue weighted by molar-refractivity contribution is -0.150.